The smallest absolute Gasteiger partial charge is 0.261 e. The number of amides is 1. The zero-order valence-corrected chi connectivity index (χ0v) is 8.71. The number of azo groups is 1. The molecule has 1 N–H and O–H groups in total. The van der Waals surface area contributed by atoms with E-state index in [0.717, 1.165) is 5.39 Å². The molecule has 0 aromatic heterocycles. The number of carbonyl (C=O) groups excluding carboxylic acids is 1. The van der Waals surface area contributed by atoms with Crippen LogP contribution in [0.5, 0.6) is 5.75 Å². The van der Waals surface area contributed by atoms with Gasteiger partial charge in [0, 0.05) is 12.3 Å². The van der Waals surface area contributed by atoms with Crippen LogP contribution in [0.3, 0.4) is 0 Å². The van der Waals surface area contributed by atoms with Crippen molar-refractivity contribution in [3.8, 4) is 5.75 Å². The first-order valence-electron chi connectivity index (χ1n) is 4.81. The number of benzene rings is 2. The molecule has 4 nitrogen and oxygen atoms in total. The Bertz CT molecular complexity index is 576. The van der Waals surface area contributed by atoms with E-state index in [9.17, 15) is 9.90 Å². The molecule has 80 valence electrons. The molecule has 0 atom stereocenters. The molecule has 0 fully saturated rings. The van der Waals surface area contributed by atoms with Crippen LogP contribution in [0.4, 0.5) is 5.69 Å². The lowest BCUT2D eigenvalue weighted by atomic mass is 10.1. The Morgan fingerprint density at radius 2 is 1.94 bits per heavy atom. The van der Waals surface area contributed by atoms with Crippen LogP contribution in [0.1, 0.15) is 6.92 Å². The summed E-state index contributed by atoms with van der Waals surface area (Å²) in [4.78, 5) is 10.6. The highest BCUT2D eigenvalue weighted by atomic mass is 16.3. The number of phenols is 1. The van der Waals surface area contributed by atoms with Gasteiger partial charge in [0.25, 0.3) is 5.91 Å². The summed E-state index contributed by atoms with van der Waals surface area (Å²) in [6, 6.07) is 10.8. The van der Waals surface area contributed by atoms with Crippen LogP contribution in [-0.2, 0) is 4.79 Å². The van der Waals surface area contributed by atoms with Crippen molar-refractivity contribution in [3.05, 3.63) is 36.4 Å². The van der Waals surface area contributed by atoms with Crippen LogP contribution >= 0.6 is 0 Å². The van der Waals surface area contributed by atoms with Crippen LogP contribution in [0.25, 0.3) is 10.8 Å². The Balaban J connectivity index is 2.56. The van der Waals surface area contributed by atoms with Gasteiger partial charge in [0.15, 0.2) is 5.75 Å². The summed E-state index contributed by atoms with van der Waals surface area (Å²) in [5, 5.41) is 18.6. The summed E-state index contributed by atoms with van der Waals surface area (Å²) in [6.07, 6.45) is 0. The highest BCUT2D eigenvalue weighted by molar-refractivity contribution is 5.92. The summed E-state index contributed by atoms with van der Waals surface area (Å²) in [7, 11) is 0. The summed E-state index contributed by atoms with van der Waals surface area (Å²) in [5.74, 6) is -0.351. The van der Waals surface area contributed by atoms with Crippen LogP contribution in [-0.4, -0.2) is 11.0 Å². The van der Waals surface area contributed by atoms with Crippen molar-refractivity contribution >= 4 is 22.4 Å². The minimum Gasteiger partial charge on any atom is -0.505 e. The van der Waals surface area contributed by atoms with Crippen molar-refractivity contribution in [1.29, 1.82) is 0 Å². The maximum absolute atomic E-state index is 10.6. The van der Waals surface area contributed by atoms with Crippen LogP contribution in [0, 0.1) is 0 Å². The molecule has 0 spiro atoms. The van der Waals surface area contributed by atoms with Gasteiger partial charge in [-0.05, 0) is 11.5 Å². The molecular weight excluding hydrogens is 204 g/mol. The van der Waals surface area contributed by atoms with Crippen molar-refractivity contribution < 1.29 is 9.90 Å². The third-order valence-electron chi connectivity index (χ3n) is 2.18. The molecule has 0 radical (unpaired) electrons. The fraction of sp³-hybridized carbons (Fsp3) is 0.0833. The molecule has 1 amide bonds. The molecule has 0 heterocycles. The first kappa shape index (κ1) is 10.3. The Kier molecular flexibility index (Phi) is 2.64. The van der Waals surface area contributed by atoms with E-state index in [0.29, 0.717) is 11.1 Å². The third kappa shape index (κ3) is 1.91. The second-order valence-corrected chi connectivity index (χ2v) is 3.37. The fourth-order valence-corrected chi connectivity index (χ4v) is 1.45. The highest BCUT2D eigenvalue weighted by Crippen LogP contribution is 2.34. The predicted molar refractivity (Wildman–Crippen MR) is 60.8 cm³/mol. The highest BCUT2D eigenvalue weighted by Gasteiger charge is 2.04. The second-order valence-electron chi connectivity index (χ2n) is 3.37. The molecule has 0 bridgehead atoms. The normalized spacial score (nSPS) is 11.1. The number of hydrogen-bond donors (Lipinski definition) is 1. The van der Waals surface area contributed by atoms with Gasteiger partial charge in [-0.25, -0.2) is 0 Å². The van der Waals surface area contributed by atoms with E-state index in [1.165, 1.54) is 6.92 Å². The lowest BCUT2D eigenvalue weighted by Gasteiger charge is -2.02. The van der Waals surface area contributed by atoms with Crippen LogP contribution in [0.2, 0.25) is 0 Å². The van der Waals surface area contributed by atoms with Gasteiger partial charge in [-0.1, -0.05) is 30.3 Å². The van der Waals surface area contributed by atoms with Crippen molar-refractivity contribution in [2.45, 2.75) is 6.92 Å². The summed E-state index contributed by atoms with van der Waals surface area (Å²) in [5.41, 5.74) is 0.300. The van der Waals surface area contributed by atoms with Crippen LogP contribution < -0.4 is 0 Å². The van der Waals surface area contributed by atoms with Gasteiger partial charge in [0.05, 0.1) is 0 Å². The molecule has 4 heteroatoms. The molecule has 0 saturated heterocycles. The fourth-order valence-electron chi connectivity index (χ4n) is 1.45. The molecule has 16 heavy (non-hydrogen) atoms. The van der Waals surface area contributed by atoms with E-state index >= 15 is 0 Å². The van der Waals surface area contributed by atoms with E-state index in [-0.39, 0.29) is 5.75 Å². The quantitative estimate of drug-likeness (QED) is 0.741. The minimum absolute atomic E-state index is 0.0445. The number of aromatic hydroxyl groups is 1. The lowest BCUT2D eigenvalue weighted by molar-refractivity contribution is -0.116. The average Bonchev–Trinajstić information content (AvgIpc) is 2.28. The Labute approximate surface area is 92.2 Å². The Morgan fingerprint density at radius 1 is 1.19 bits per heavy atom. The van der Waals surface area contributed by atoms with Gasteiger partial charge in [-0.2, -0.15) is 0 Å². The standard InChI is InChI=1S/C12H10N2O2/c1-8(15)13-14-11-7-6-9-4-2-3-5-10(9)12(11)16/h2-7,16H,1H3. The maximum atomic E-state index is 10.6. The molecule has 2 aromatic rings. The Hall–Kier alpha value is -2.23. The summed E-state index contributed by atoms with van der Waals surface area (Å²) >= 11 is 0. The van der Waals surface area contributed by atoms with E-state index < -0.39 is 5.91 Å². The molecule has 0 aliphatic heterocycles. The van der Waals surface area contributed by atoms with Crippen molar-refractivity contribution in [1.82, 2.24) is 0 Å². The van der Waals surface area contributed by atoms with Gasteiger partial charge in [-0.15, -0.1) is 10.2 Å². The van der Waals surface area contributed by atoms with Gasteiger partial charge in [0.1, 0.15) is 5.69 Å². The monoisotopic (exact) mass is 214 g/mol. The first-order valence-corrected chi connectivity index (χ1v) is 4.81. The summed E-state index contributed by atoms with van der Waals surface area (Å²) < 4.78 is 0. The predicted octanol–water partition coefficient (Wildman–Crippen LogP) is 3.18. The van der Waals surface area contributed by atoms with E-state index in [1.807, 2.05) is 24.3 Å². The largest absolute Gasteiger partial charge is 0.505 e. The Morgan fingerprint density at radius 3 is 2.69 bits per heavy atom. The SMILES string of the molecule is CC(=O)N=Nc1ccc2ccccc2c1O. The molecule has 2 aromatic carbocycles. The molecular formula is C12H10N2O2. The third-order valence-corrected chi connectivity index (χ3v) is 2.18. The zero-order valence-electron chi connectivity index (χ0n) is 8.71. The van der Waals surface area contributed by atoms with E-state index in [4.69, 9.17) is 0 Å². The summed E-state index contributed by atoms with van der Waals surface area (Å²) in [6.45, 7) is 1.31. The molecule has 2 rings (SSSR count). The zero-order chi connectivity index (χ0) is 11.5. The molecule has 0 aliphatic carbocycles. The number of carbonyl (C=O) groups is 1. The maximum Gasteiger partial charge on any atom is 0.261 e. The topological polar surface area (TPSA) is 62.0 Å². The number of fused-ring (bicyclic) bond motifs is 1. The van der Waals surface area contributed by atoms with Gasteiger partial charge in [-0.3, -0.25) is 4.79 Å². The van der Waals surface area contributed by atoms with Crippen molar-refractivity contribution in [2.75, 3.05) is 0 Å². The average molecular weight is 214 g/mol. The molecule has 0 unspecified atom stereocenters. The van der Waals surface area contributed by atoms with E-state index in [1.54, 1.807) is 12.1 Å². The number of phenolic OH excluding ortho intramolecular Hbond substituents is 1. The molecule has 0 saturated carbocycles. The van der Waals surface area contributed by atoms with Gasteiger partial charge >= 0.3 is 0 Å². The number of nitrogens with zero attached hydrogens (tertiary/aromatic N) is 2. The second kappa shape index (κ2) is 4.10. The number of hydrogen-bond acceptors (Lipinski definition) is 3. The van der Waals surface area contributed by atoms with Crippen LogP contribution in [0.15, 0.2) is 46.6 Å². The van der Waals surface area contributed by atoms with Gasteiger partial charge in [0.2, 0.25) is 0 Å². The number of rotatable bonds is 1. The molecule has 0 aliphatic rings. The van der Waals surface area contributed by atoms with E-state index in [2.05, 4.69) is 10.2 Å². The van der Waals surface area contributed by atoms with Crippen molar-refractivity contribution in [2.24, 2.45) is 10.2 Å². The minimum atomic E-state index is -0.396. The lowest BCUT2D eigenvalue weighted by Crippen LogP contribution is -1.79. The van der Waals surface area contributed by atoms with Crippen molar-refractivity contribution in [3.63, 3.8) is 0 Å². The van der Waals surface area contributed by atoms with Gasteiger partial charge < -0.3 is 5.11 Å². The first-order chi connectivity index (χ1) is 7.68.